The van der Waals surface area contributed by atoms with Gasteiger partial charge in [0.25, 0.3) is 5.91 Å². The number of hydrogen-bond acceptors (Lipinski definition) is 3. The molecule has 0 bridgehead atoms. The summed E-state index contributed by atoms with van der Waals surface area (Å²) < 4.78 is 26.5. The van der Waals surface area contributed by atoms with E-state index in [9.17, 15) is 18.4 Å². The first-order valence-electron chi connectivity index (χ1n) is 10.7. The molecule has 2 aromatic rings. The lowest BCUT2D eigenvalue weighted by Crippen LogP contribution is -2.34. The van der Waals surface area contributed by atoms with Gasteiger partial charge in [0.15, 0.2) is 11.6 Å². The average Bonchev–Trinajstić information content (AvgIpc) is 3.31. The highest BCUT2D eigenvalue weighted by atomic mass is 19.2. The molecule has 0 saturated carbocycles. The molecule has 0 aliphatic carbocycles. The summed E-state index contributed by atoms with van der Waals surface area (Å²) in [5.41, 5.74) is 2.07. The molecular formula is C23H26F2N4O2. The lowest BCUT2D eigenvalue weighted by atomic mass is 10.1. The zero-order chi connectivity index (χ0) is 21.8. The lowest BCUT2D eigenvalue weighted by molar-refractivity contribution is 0.0793. The van der Waals surface area contributed by atoms with Crippen molar-refractivity contribution < 1.29 is 18.4 Å². The van der Waals surface area contributed by atoms with E-state index >= 15 is 0 Å². The van der Waals surface area contributed by atoms with Gasteiger partial charge in [-0.3, -0.25) is 4.79 Å². The Kier molecular flexibility index (Phi) is 6.34. The van der Waals surface area contributed by atoms with Crippen LogP contribution >= 0.6 is 0 Å². The van der Waals surface area contributed by atoms with E-state index in [1.807, 2.05) is 11.0 Å². The first kappa shape index (κ1) is 21.1. The van der Waals surface area contributed by atoms with Crippen molar-refractivity contribution in [3.05, 3.63) is 53.6 Å². The molecule has 3 amide bonds. The highest BCUT2D eigenvalue weighted by Gasteiger charge is 2.25. The zero-order valence-corrected chi connectivity index (χ0v) is 17.3. The molecule has 0 radical (unpaired) electrons. The van der Waals surface area contributed by atoms with Gasteiger partial charge in [0, 0.05) is 49.3 Å². The van der Waals surface area contributed by atoms with Crippen molar-refractivity contribution >= 4 is 29.0 Å². The fourth-order valence-corrected chi connectivity index (χ4v) is 4.15. The molecule has 2 aliphatic rings. The highest BCUT2D eigenvalue weighted by molar-refractivity contribution is 6.04. The van der Waals surface area contributed by atoms with E-state index in [0.29, 0.717) is 11.3 Å². The molecule has 0 spiro atoms. The van der Waals surface area contributed by atoms with Gasteiger partial charge < -0.3 is 20.4 Å². The van der Waals surface area contributed by atoms with E-state index in [0.717, 1.165) is 69.7 Å². The van der Waals surface area contributed by atoms with Crippen LogP contribution in [0.2, 0.25) is 0 Å². The van der Waals surface area contributed by atoms with Crippen LogP contribution in [-0.4, -0.2) is 43.0 Å². The van der Waals surface area contributed by atoms with E-state index in [-0.39, 0.29) is 11.6 Å². The van der Waals surface area contributed by atoms with Crippen molar-refractivity contribution in [3.63, 3.8) is 0 Å². The van der Waals surface area contributed by atoms with E-state index in [4.69, 9.17) is 0 Å². The number of halogens is 2. The zero-order valence-electron chi connectivity index (χ0n) is 17.3. The average molecular weight is 428 g/mol. The number of nitrogens with one attached hydrogen (secondary N) is 2. The quantitative estimate of drug-likeness (QED) is 0.733. The Hall–Kier alpha value is -3.16. The molecular weight excluding hydrogens is 402 g/mol. The van der Waals surface area contributed by atoms with Gasteiger partial charge in [0.1, 0.15) is 0 Å². The summed E-state index contributed by atoms with van der Waals surface area (Å²) in [6.45, 7) is 3.30. The second-order valence-electron chi connectivity index (χ2n) is 7.99. The summed E-state index contributed by atoms with van der Waals surface area (Å²) in [4.78, 5) is 29.6. The molecule has 2 saturated heterocycles. The van der Waals surface area contributed by atoms with Gasteiger partial charge in [0.05, 0.1) is 5.56 Å². The number of nitrogens with zero attached hydrogens (tertiary/aromatic N) is 2. The van der Waals surface area contributed by atoms with Gasteiger partial charge in [-0.05, 0) is 62.4 Å². The standard InChI is InChI=1S/C23H26F2N4O2/c24-19-8-6-17(15-20(19)25)27-23(31)26-16-7-9-21(28-10-2-1-3-11-28)18(14-16)22(30)29-12-4-5-13-29/h6-9,14-15H,1-5,10-13H2,(H2,26,27,31). The van der Waals surface area contributed by atoms with Crippen LogP contribution in [0.25, 0.3) is 0 Å². The maximum absolute atomic E-state index is 13.4. The van der Waals surface area contributed by atoms with Crippen molar-refractivity contribution in [1.29, 1.82) is 0 Å². The molecule has 31 heavy (non-hydrogen) atoms. The molecule has 2 aromatic carbocycles. The molecule has 0 unspecified atom stereocenters. The van der Waals surface area contributed by atoms with Crippen LogP contribution in [0.5, 0.6) is 0 Å². The van der Waals surface area contributed by atoms with Gasteiger partial charge in [-0.25, -0.2) is 13.6 Å². The second kappa shape index (κ2) is 9.32. The number of anilines is 3. The van der Waals surface area contributed by atoms with Gasteiger partial charge in [-0.1, -0.05) is 0 Å². The molecule has 2 aliphatic heterocycles. The summed E-state index contributed by atoms with van der Waals surface area (Å²) in [6.07, 6.45) is 5.37. The number of carbonyl (C=O) groups excluding carboxylic acids is 2. The number of likely N-dealkylation sites (tertiary alicyclic amines) is 1. The minimum absolute atomic E-state index is 0.0252. The van der Waals surface area contributed by atoms with Crippen LogP contribution in [-0.2, 0) is 0 Å². The molecule has 6 nitrogen and oxygen atoms in total. The van der Waals surface area contributed by atoms with Crippen LogP contribution in [0.15, 0.2) is 36.4 Å². The normalized spacial score (nSPS) is 16.3. The van der Waals surface area contributed by atoms with Crippen molar-refractivity contribution in [2.45, 2.75) is 32.1 Å². The van der Waals surface area contributed by atoms with Gasteiger partial charge in [-0.2, -0.15) is 0 Å². The first-order chi connectivity index (χ1) is 15.0. The Balaban J connectivity index is 1.54. The third-order valence-corrected chi connectivity index (χ3v) is 5.75. The molecule has 8 heteroatoms. The number of rotatable bonds is 4. The number of amides is 3. The Morgan fingerprint density at radius 3 is 2.03 bits per heavy atom. The number of benzene rings is 2. The van der Waals surface area contributed by atoms with Crippen LogP contribution in [0.3, 0.4) is 0 Å². The first-order valence-corrected chi connectivity index (χ1v) is 10.7. The molecule has 164 valence electrons. The monoisotopic (exact) mass is 428 g/mol. The minimum atomic E-state index is -1.04. The second-order valence-corrected chi connectivity index (χ2v) is 7.99. The van der Waals surface area contributed by atoms with E-state index in [1.165, 1.54) is 12.5 Å². The fraction of sp³-hybridized carbons (Fsp3) is 0.391. The Morgan fingerprint density at radius 1 is 0.742 bits per heavy atom. The Bertz CT molecular complexity index is 970. The molecule has 2 N–H and O–H groups in total. The van der Waals surface area contributed by atoms with Crippen LogP contribution in [0.4, 0.5) is 30.6 Å². The van der Waals surface area contributed by atoms with Crippen molar-refractivity contribution in [2.75, 3.05) is 41.7 Å². The molecule has 0 aromatic heterocycles. The number of carbonyl (C=O) groups is 2. The number of piperidine rings is 1. The summed E-state index contributed by atoms with van der Waals surface area (Å²) in [6, 6.07) is 7.88. The minimum Gasteiger partial charge on any atom is -0.371 e. The smallest absolute Gasteiger partial charge is 0.323 e. The molecule has 2 fully saturated rings. The third kappa shape index (κ3) is 4.95. The molecule has 4 rings (SSSR count). The Labute approximate surface area is 180 Å². The van der Waals surface area contributed by atoms with Crippen molar-refractivity contribution in [3.8, 4) is 0 Å². The van der Waals surface area contributed by atoms with Crippen molar-refractivity contribution in [1.82, 2.24) is 4.90 Å². The summed E-state index contributed by atoms with van der Waals surface area (Å²) in [7, 11) is 0. The largest absolute Gasteiger partial charge is 0.371 e. The van der Waals surface area contributed by atoms with E-state index < -0.39 is 17.7 Å². The molecule has 2 heterocycles. The van der Waals surface area contributed by atoms with Gasteiger partial charge in [-0.15, -0.1) is 0 Å². The fourth-order valence-electron chi connectivity index (χ4n) is 4.15. The number of hydrogen-bond donors (Lipinski definition) is 2. The van der Waals surface area contributed by atoms with E-state index in [1.54, 1.807) is 12.1 Å². The maximum Gasteiger partial charge on any atom is 0.323 e. The van der Waals surface area contributed by atoms with Crippen LogP contribution in [0.1, 0.15) is 42.5 Å². The Morgan fingerprint density at radius 2 is 1.35 bits per heavy atom. The predicted octanol–water partition coefficient (Wildman–Crippen LogP) is 4.84. The summed E-state index contributed by atoms with van der Waals surface area (Å²) in [5, 5.41) is 5.16. The summed E-state index contributed by atoms with van der Waals surface area (Å²) >= 11 is 0. The van der Waals surface area contributed by atoms with Crippen LogP contribution in [0, 0.1) is 11.6 Å². The molecule has 0 atom stereocenters. The van der Waals surface area contributed by atoms with Gasteiger partial charge >= 0.3 is 6.03 Å². The highest BCUT2D eigenvalue weighted by Crippen LogP contribution is 2.29. The third-order valence-electron chi connectivity index (χ3n) is 5.75. The SMILES string of the molecule is O=C(Nc1ccc(F)c(F)c1)Nc1ccc(N2CCCCC2)c(C(=O)N2CCCC2)c1. The van der Waals surface area contributed by atoms with Crippen molar-refractivity contribution in [2.24, 2.45) is 0 Å². The van der Waals surface area contributed by atoms with E-state index in [2.05, 4.69) is 15.5 Å². The summed E-state index contributed by atoms with van der Waals surface area (Å²) in [5.74, 6) is -2.05. The number of urea groups is 1. The predicted molar refractivity (Wildman–Crippen MR) is 117 cm³/mol. The maximum atomic E-state index is 13.4. The topological polar surface area (TPSA) is 64.7 Å². The van der Waals surface area contributed by atoms with Crippen LogP contribution < -0.4 is 15.5 Å². The van der Waals surface area contributed by atoms with Gasteiger partial charge in [0.2, 0.25) is 0 Å². The lowest BCUT2D eigenvalue weighted by Gasteiger charge is -2.31.